The molecule has 4 rings (SSSR count). The molecule has 2 N–H and O–H groups in total. The van der Waals surface area contributed by atoms with Gasteiger partial charge in [0.15, 0.2) is 5.11 Å². The van der Waals surface area contributed by atoms with Crippen LogP contribution in [0.25, 0.3) is 0 Å². The quantitative estimate of drug-likeness (QED) is 0.708. The van der Waals surface area contributed by atoms with Crippen molar-refractivity contribution in [2.45, 2.75) is 44.8 Å². The van der Waals surface area contributed by atoms with Gasteiger partial charge in [0.05, 0.1) is 13.2 Å². The number of hydrogen-bond donors (Lipinski definition) is 2. The number of thiocarbonyl (C=S) groups is 1. The van der Waals surface area contributed by atoms with E-state index in [0.29, 0.717) is 11.5 Å². The second-order valence-corrected chi connectivity index (χ2v) is 8.73. The third-order valence-corrected chi connectivity index (χ3v) is 5.69. The summed E-state index contributed by atoms with van der Waals surface area (Å²) in [6.07, 6.45) is 2.29. The normalized spacial score (nSPS) is 19.6. The smallest absolute Gasteiger partial charge is 0.227 e. The van der Waals surface area contributed by atoms with E-state index in [0.717, 1.165) is 47.8 Å². The fourth-order valence-corrected chi connectivity index (χ4v) is 4.35. The zero-order valence-electron chi connectivity index (χ0n) is 17.5. The molecule has 30 heavy (non-hydrogen) atoms. The molecule has 0 spiro atoms. The molecule has 2 aromatic rings. The number of nitrogens with zero attached hydrogens (tertiary/aromatic N) is 1. The standard InChI is InChI=1S/C23H27N3O3S/c1-23(2)14-19(18-10-9-17(28-3)13-20(18)29-23)25-22(30)24-15-6-4-7-16(12-15)26-11-5-8-21(26)27/h4,6-7,9-10,12-13,19H,5,8,11,14H2,1-3H3,(H2,24,25,30). The van der Waals surface area contributed by atoms with E-state index in [1.807, 2.05) is 47.4 Å². The van der Waals surface area contributed by atoms with Gasteiger partial charge >= 0.3 is 0 Å². The number of amides is 1. The van der Waals surface area contributed by atoms with E-state index < -0.39 is 0 Å². The highest BCUT2D eigenvalue weighted by Gasteiger charge is 2.34. The molecule has 0 aromatic heterocycles. The van der Waals surface area contributed by atoms with Crippen LogP contribution in [-0.4, -0.2) is 30.3 Å². The number of anilines is 2. The molecule has 1 saturated heterocycles. The minimum absolute atomic E-state index is 0.0120. The van der Waals surface area contributed by atoms with Gasteiger partial charge in [-0.15, -0.1) is 0 Å². The summed E-state index contributed by atoms with van der Waals surface area (Å²) in [6.45, 7) is 4.90. The number of rotatable bonds is 4. The Kier molecular flexibility index (Phi) is 5.56. The SMILES string of the molecule is COc1ccc2c(c1)OC(C)(C)CC2NC(=S)Nc1cccc(N2CCCC2=O)c1. The molecular formula is C23H27N3O3S. The van der Waals surface area contributed by atoms with Gasteiger partial charge in [0.1, 0.15) is 17.1 Å². The summed E-state index contributed by atoms with van der Waals surface area (Å²) in [5.74, 6) is 1.74. The van der Waals surface area contributed by atoms with Gasteiger partial charge < -0.3 is 25.0 Å². The summed E-state index contributed by atoms with van der Waals surface area (Å²) < 4.78 is 11.5. The molecule has 1 atom stereocenters. The van der Waals surface area contributed by atoms with Gasteiger partial charge in [-0.25, -0.2) is 0 Å². The number of carbonyl (C=O) groups excluding carboxylic acids is 1. The van der Waals surface area contributed by atoms with Gasteiger partial charge in [0, 0.05) is 42.4 Å². The van der Waals surface area contributed by atoms with Crippen LogP contribution in [0.15, 0.2) is 42.5 Å². The molecule has 7 heteroatoms. The van der Waals surface area contributed by atoms with Crippen LogP contribution in [0.2, 0.25) is 0 Å². The van der Waals surface area contributed by atoms with E-state index in [-0.39, 0.29) is 17.6 Å². The van der Waals surface area contributed by atoms with Crippen LogP contribution in [0.1, 0.15) is 44.7 Å². The fraction of sp³-hybridized carbons (Fsp3) is 0.391. The molecule has 1 fully saturated rings. The van der Waals surface area contributed by atoms with Crippen molar-refractivity contribution in [2.24, 2.45) is 0 Å². The molecular weight excluding hydrogens is 398 g/mol. The molecule has 0 saturated carbocycles. The Morgan fingerprint density at radius 3 is 2.83 bits per heavy atom. The van der Waals surface area contributed by atoms with Gasteiger partial charge in [-0.1, -0.05) is 6.07 Å². The lowest BCUT2D eigenvalue weighted by molar-refractivity contribution is -0.117. The molecule has 0 radical (unpaired) electrons. The van der Waals surface area contributed by atoms with E-state index in [2.05, 4.69) is 24.5 Å². The van der Waals surface area contributed by atoms with Crippen molar-refractivity contribution in [2.75, 3.05) is 23.9 Å². The Balaban J connectivity index is 1.49. The maximum atomic E-state index is 12.0. The molecule has 2 aliphatic heterocycles. The number of carbonyl (C=O) groups is 1. The molecule has 158 valence electrons. The van der Waals surface area contributed by atoms with Crippen molar-refractivity contribution >= 4 is 34.6 Å². The number of benzene rings is 2. The maximum Gasteiger partial charge on any atom is 0.227 e. The lowest BCUT2D eigenvalue weighted by Gasteiger charge is -2.38. The lowest BCUT2D eigenvalue weighted by atomic mass is 9.89. The van der Waals surface area contributed by atoms with E-state index in [9.17, 15) is 4.79 Å². The van der Waals surface area contributed by atoms with Crippen molar-refractivity contribution in [3.8, 4) is 11.5 Å². The van der Waals surface area contributed by atoms with Crippen LogP contribution in [-0.2, 0) is 4.79 Å². The average Bonchev–Trinajstić information content (AvgIpc) is 3.12. The Morgan fingerprint density at radius 1 is 1.27 bits per heavy atom. The average molecular weight is 426 g/mol. The molecule has 0 aliphatic carbocycles. The monoisotopic (exact) mass is 425 g/mol. The van der Waals surface area contributed by atoms with E-state index in [1.165, 1.54) is 0 Å². The van der Waals surface area contributed by atoms with Crippen LogP contribution >= 0.6 is 12.2 Å². The molecule has 6 nitrogen and oxygen atoms in total. The first kappa shape index (κ1) is 20.5. The zero-order chi connectivity index (χ0) is 21.3. The van der Waals surface area contributed by atoms with Gasteiger partial charge in [0.2, 0.25) is 5.91 Å². The van der Waals surface area contributed by atoms with E-state index in [1.54, 1.807) is 7.11 Å². The Bertz CT molecular complexity index is 976. The van der Waals surface area contributed by atoms with Gasteiger partial charge in [-0.2, -0.15) is 0 Å². The summed E-state index contributed by atoms with van der Waals surface area (Å²) in [4.78, 5) is 13.9. The number of ether oxygens (including phenoxy) is 2. The van der Waals surface area contributed by atoms with Crippen LogP contribution in [0, 0.1) is 0 Å². The van der Waals surface area contributed by atoms with Gasteiger partial charge in [0.25, 0.3) is 0 Å². The highest BCUT2D eigenvalue weighted by Crippen LogP contribution is 2.41. The minimum Gasteiger partial charge on any atom is -0.497 e. The number of fused-ring (bicyclic) bond motifs is 1. The lowest BCUT2D eigenvalue weighted by Crippen LogP contribution is -2.42. The highest BCUT2D eigenvalue weighted by atomic mass is 32.1. The second kappa shape index (κ2) is 8.14. The predicted molar refractivity (Wildman–Crippen MR) is 122 cm³/mol. The third kappa shape index (κ3) is 4.36. The first-order valence-corrected chi connectivity index (χ1v) is 10.6. The second-order valence-electron chi connectivity index (χ2n) is 8.32. The fourth-order valence-electron chi connectivity index (χ4n) is 4.09. The molecule has 2 aromatic carbocycles. The van der Waals surface area contributed by atoms with Crippen molar-refractivity contribution in [3.63, 3.8) is 0 Å². The molecule has 1 amide bonds. The molecule has 1 unspecified atom stereocenters. The first-order valence-electron chi connectivity index (χ1n) is 10.2. The number of methoxy groups -OCH3 is 1. The summed E-state index contributed by atoms with van der Waals surface area (Å²) in [5, 5.41) is 7.23. The van der Waals surface area contributed by atoms with Crippen LogP contribution in [0.5, 0.6) is 11.5 Å². The van der Waals surface area contributed by atoms with Crippen molar-refractivity contribution < 1.29 is 14.3 Å². The number of nitrogens with one attached hydrogen (secondary N) is 2. The molecule has 2 aliphatic rings. The summed E-state index contributed by atoms with van der Waals surface area (Å²) >= 11 is 5.60. The summed E-state index contributed by atoms with van der Waals surface area (Å²) in [5.41, 5.74) is 2.47. The third-order valence-electron chi connectivity index (χ3n) is 5.47. The Labute approximate surface area is 182 Å². The molecule has 0 bridgehead atoms. The number of hydrogen-bond acceptors (Lipinski definition) is 4. The maximum absolute atomic E-state index is 12.0. The predicted octanol–water partition coefficient (Wildman–Crippen LogP) is 4.41. The largest absolute Gasteiger partial charge is 0.497 e. The summed E-state index contributed by atoms with van der Waals surface area (Å²) in [6, 6.07) is 13.7. The van der Waals surface area contributed by atoms with Gasteiger partial charge in [-0.3, -0.25) is 4.79 Å². The Hall–Kier alpha value is -2.80. The highest BCUT2D eigenvalue weighted by molar-refractivity contribution is 7.80. The van der Waals surface area contributed by atoms with Gasteiger partial charge in [-0.05, 0) is 62.8 Å². The van der Waals surface area contributed by atoms with Crippen LogP contribution < -0.4 is 25.0 Å². The van der Waals surface area contributed by atoms with Crippen molar-refractivity contribution in [1.82, 2.24) is 5.32 Å². The Morgan fingerprint density at radius 2 is 2.10 bits per heavy atom. The summed E-state index contributed by atoms with van der Waals surface area (Å²) in [7, 11) is 1.65. The zero-order valence-corrected chi connectivity index (χ0v) is 18.3. The van der Waals surface area contributed by atoms with Crippen molar-refractivity contribution in [3.05, 3.63) is 48.0 Å². The first-order chi connectivity index (χ1) is 14.3. The molecule has 2 heterocycles. The van der Waals surface area contributed by atoms with Crippen molar-refractivity contribution in [1.29, 1.82) is 0 Å². The minimum atomic E-state index is -0.331. The van der Waals surface area contributed by atoms with Crippen LogP contribution in [0.3, 0.4) is 0 Å². The van der Waals surface area contributed by atoms with E-state index >= 15 is 0 Å². The topological polar surface area (TPSA) is 62.8 Å². The van der Waals surface area contributed by atoms with E-state index in [4.69, 9.17) is 21.7 Å². The van der Waals surface area contributed by atoms with Crippen LogP contribution in [0.4, 0.5) is 11.4 Å².